The molecule has 2 nitrogen and oxygen atoms in total. The highest BCUT2D eigenvalue weighted by Gasteiger charge is 2.10. The molecule has 0 saturated heterocycles. The van der Waals surface area contributed by atoms with Crippen molar-refractivity contribution in [3.8, 4) is 0 Å². The molecule has 1 heterocycles. The Hall–Kier alpha value is -1.69. The van der Waals surface area contributed by atoms with Crippen LogP contribution in [0.25, 0.3) is 0 Å². The molecule has 0 aliphatic rings. The number of nitrogens with one attached hydrogen (secondary N) is 1. The van der Waals surface area contributed by atoms with Gasteiger partial charge < -0.3 is 5.32 Å². The summed E-state index contributed by atoms with van der Waals surface area (Å²) < 4.78 is 37.6. The molecule has 0 saturated carbocycles. The van der Waals surface area contributed by atoms with Gasteiger partial charge in [0.05, 0.1) is 5.69 Å². The monoisotopic (exact) mass is 270 g/mol. The highest BCUT2D eigenvalue weighted by Crippen LogP contribution is 2.32. The van der Waals surface area contributed by atoms with Crippen LogP contribution in [0, 0.1) is 5.95 Å². The number of hydrogen-bond donors (Lipinski definition) is 1. The van der Waals surface area contributed by atoms with Gasteiger partial charge in [0.1, 0.15) is 5.82 Å². The van der Waals surface area contributed by atoms with E-state index in [-0.39, 0.29) is 5.82 Å². The second-order valence-electron chi connectivity index (χ2n) is 3.35. The topological polar surface area (TPSA) is 24.9 Å². The lowest BCUT2D eigenvalue weighted by molar-refractivity contribution is 0.252. The van der Waals surface area contributed by atoms with Gasteiger partial charge in [0.2, 0.25) is 5.95 Å². The van der Waals surface area contributed by atoms with Gasteiger partial charge in [0.15, 0.2) is 0 Å². The Morgan fingerprint density at radius 2 is 1.83 bits per heavy atom. The summed E-state index contributed by atoms with van der Waals surface area (Å²) in [5, 5.41) is 2.81. The van der Waals surface area contributed by atoms with Crippen molar-refractivity contribution in [2.45, 2.75) is 10.7 Å². The number of hydrogen-bond acceptors (Lipinski definition) is 3. The third kappa shape index (κ3) is 3.40. The van der Waals surface area contributed by atoms with E-state index in [2.05, 4.69) is 10.3 Å². The van der Waals surface area contributed by atoms with Crippen LogP contribution < -0.4 is 5.32 Å². The van der Waals surface area contributed by atoms with Gasteiger partial charge in [0, 0.05) is 4.90 Å². The normalized spacial score (nSPS) is 10.7. The first kappa shape index (κ1) is 12.8. The number of halogens is 3. The summed E-state index contributed by atoms with van der Waals surface area (Å²) >= 11 is 0.431. The molecule has 94 valence electrons. The Bertz CT molecular complexity index is 534. The molecule has 0 aliphatic heterocycles. The molecule has 1 aromatic carbocycles. The minimum atomic E-state index is -2.51. The molecular formula is C12H9F3N2S. The maximum absolute atomic E-state index is 12.9. The summed E-state index contributed by atoms with van der Waals surface area (Å²) in [4.78, 5) is 4.00. The van der Waals surface area contributed by atoms with E-state index in [0.29, 0.717) is 22.3 Å². The highest BCUT2D eigenvalue weighted by molar-refractivity contribution is 7.99. The molecule has 0 bridgehead atoms. The number of aromatic nitrogens is 1. The number of para-hydroxylation sites is 1. The van der Waals surface area contributed by atoms with Crippen LogP contribution in [0.1, 0.15) is 0 Å². The third-order valence-electron chi connectivity index (χ3n) is 2.08. The summed E-state index contributed by atoms with van der Waals surface area (Å²) in [5.74, 6) is -2.86. The average molecular weight is 270 g/mol. The standard InChI is InChI=1S/C12H9F3N2S/c13-10-6-3-7-11(17-10)16-8-4-1-2-5-9(8)18-12(14)15/h1-7,12H,(H,16,17). The van der Waals surface area contributed by atoms with E-state index in [1.165, 1.54) is 12.1 Å². The Labute approximate surface area is 106 Å². The fraction of sp³-hybridized carbons (Fsp3) is 0.0833. The number of pyridine rings is 1. The van der Waals surface area contributed by atoms with Crippen LogP contribution in [-0.4, -0.2) is 10.7 Å². The van der Waals surface area contributed by atoms with Gasteiger partial charge >= 0.3 is 0 Å². The molecule has 1 N–H and O–H groups in total. The maximum Gasteiger partial charge on any atom is 0.288 e. The lowest BCUT2D eigenvalue weighted by Crippen LogP contribution is -1.97. The summed E-state index contributed by atoms with van der Waals surface area (Å²) in [6, 6.07) is 10.8. The molecule has 6 heteroatoms. The van der Waals surface area contributed by atoms with E-state index < -0.39 is 11.7 Å². The predicted molar refractivity (Wildman–Crippen MR) is 65.8 cm³/mol. The van der Waals surface area contributed by atoms with E-state index in [1.54, 1.807) is 30.3 Å². The molecule has 0 fully saturated rings. The van der Waals surface area contributed by atoms with Gasteiger partial charge in [-0.25, -0.2) is 4.98 Å². The van der Waals surface area contributed by atoms with E-state index in [4.69, 9.17) is 0 Å². The van der Waals surface area contributed by atoms with Crippen molar-refractivity contribution in [3.05, 3.63) is 48.4 Å². The van der Waals surface area contributed by atoms with Crippen LogP contribution in [-0.2, 0) is 0 Å². The van der Waals surface area contributed by atoms with Crippen molar-refractivity contribution < 1.29 is 13.2 Å². The van der Waals surface area contributed by atoms with Crippen LogP contribution in [0.5, 0.6) is 0 Å². The fourth-order valence-electron chi connectivity index (χ4n) is 1.38. The number of thioether (sulfide) groups is 1. The molecule has 0 aliphatic carbocycles. The number of nitrogens with zero attached hydrogens (tertiary/aromatic N) is 1. The first-order valence-electron chi connectivity index (χ1n) is 5.08. The molecule has 0 unspecified atom stereocenters. The zero-order valence-electron chi connectivity index (χ0n) is 9.11. The SMILES string of the molecule is Fc1cccc(Nc2ccccc2SC(F)F)n1. The Balaban J connectivity index is 2.23. The molecule has 18 heavy (non-hydrogen) atoms. The van der Waals surface area contributed by atoms with Crippen molar-refractivity contribution >= 4 is 23.3 Å². The lowest BCUT2D eigenvalue weighted by atomic mass is 10.3. The zero-order chi connectivity index (χ0) is 13.0. The Morgan fingerprint density at radius 1 is 1.06 bits per heavy atom. The van der Waals surface area contributed by atoms with Crippen molar-refractivity contribution in [3.63, 3.8) is 0 Å². The Morgan fingerprint density at radius 3 is 2.56 bits per heavy atom. The maximum atomic E-state index is 12.9. The lowest BCUT2D eigenvalue weighted by Gasteiger charge is -2.10. The second kappa shape index (κ2) is 5.77. The molecule has 2 rings (SSSR count). The van der Waals surface area contributed by atoms with Gasteiger partial charge in [-0.15, -0.1) is 0 Å². The summed E-state index contributed by atoms with van der Waals surface area (Å²) in [5.41, 5.74) is 0.473. The van der Waals surface area contributed by atoms with Crippen LogP contribution in [0.4, 0.5) is 24.7 Å². The Kier molecular flexibility index (Phi) is 4.09. The van der Waals surface area contributed by atoms with Crippen molar-refractivity contribution in [2.24, 2.45) is 0 Å². The van der Waals surface area contributed by atoms with Crippen LogP contribution in [0.2, 0.25) is 0 Å². The zero-order valence-corrected chi connectivity index (χ0v) is 9.92. The van der Waals surface area contributed by atoms with Gasteiger partial charge in [-0.2, -0.15) is 13.2 Å². The van der Waals surface area contributed by atoms with Crippen molar-refractivity contribution in [1.29, 1.82) is 0 Å². The molecule has 0 amide bonds. The summed E-state index contributed by atoms with van der Waals surface area (Å²) in [7, 11) is 0. The predicted octanol–water partition coefficient (Wildman–Crippen LogP) is 4.28. The van der Waals surface area contributed by atoms with Gasteiger partial charge in [-0.3, -0.25) is 0 Å². The molecule has 0 spiro atoms. The van der Waals surface area contributed by atoms with Crippen molar-refractivity contribution in [2.75, 3.05) is 5.32 Å². The van der Waals surface area contributed by atoms with Crippen LogP contribution >= 0.6 is 11.8 Å². The number of anilines is 2. The first-order chi connectivity index (χ1) is 8.65. The molecular weight excluding hydrogens is 261 g/mol. The minimum Gasteiger partial charge on any atom is -0.339 e. The fourth-order valence-corrected chi connectivity index (χ4v) is 1.98. The molecule has 0 radical (unpaired) electrons. The smallest absolute Gasteiger partial charge is 0.288 e. The van der Waals surface area contributed by atoms with Gasteiger partial charge in [-0.05, 0) is 24.3 Å². The molecule has 1 aromatic heterocycles. The highest BCUT2D eigenvalue weighted by atomic mass is 32.2. The third-order valence-corrected chi connectivity index (χ3v) is 2.87. The molecule has 0 atom stereocenters. The van der Waals surface area contributed by atoms with Gasteiger partial charge in [-0.1, -0.05) is 30.0 Å². The number of alkyl halides is 2. The second-order valence-corrected chi connectivity index (χ2v) is 4.38. The van der Waals surface area contributed by atoms with E-state index in [9.17, 15) is 13.2 Å². The largest absolute Gasteiger partial charge is 0.339 e. The number of benzene rings is 1. The summed E-state index contributed by atoms with van der Waals surface area (Å²) in [6.45, 7) is 0. The summed E-state index contributed by atoms with van der Waals surface area (Å²) in [6.07, 6.45) is 0. The van der Waals surface area contributed by atoms with Crippen LogP contribution in [0.15, 0.2) is 47.4 Å². The van der Waals surface area contributed by atoms with E-state index in [0.717, 1.165) is 0 Å². The van der Waals surface area contributed by atoms with E-state index in [1.807, 2.05) is 0 Å². The van der Waals surface area contributed by atoms with Gasteiger partial charge in [0.25, 0.3) is 5.76 Å². The van der Waals surface area contributed by atoms with Crippen molar-refractivity contribution in [1.82, 2.24) is 4.98 Å². The minimum absolute atomic E-state index is 0.275. The number of rotatable bonds is 4. The average Bonchev–Trinajstić information content (AvgIpc) is 2.31. The quantitative estimate of drug-likeness (QED) is 0.663. The molecule has 2 aromatic rings. The van der Waals surface area contributed by atoms with E-state index >= 15 is 0 Å². The van der Waals surface area contributed by atoms with Crippen LogP contribution in [0.3, 0.4) is 0 Å². The first-order valence-corrected chi connectivity index (χ1v) is 5.96.